The third-order valence-corrected chi connectivity index (χ3v) is 5.34. The molecule has 3 rings (SSSR count). The second-order valence-electron chi connectivity index (χ2n) is 7.55. The number of carbonyl (C=O) groups is 2. The zero-order valence-corrected chi connectivity index (χ0v) is 18.2. The van der Waals surface area contributed by atoms with Crippen molar-refractivity contribution < 1.29 is 19.2 Å². The topological polar surface area (TPSA) is 105 Å². The molecule has 9 nitrogen and oxygen atoms in total. The highest BCUT2D eigenvalue weighted by molar-refractivity contribution is 5.96. The first kappa shape index (κ1) is 23.1. The van der Waals surface area contributed by atoms with Crippen LogP contribution in [0.2, 0.25) is 0 Å². The molecule has 0 saturated carbocycles. The maximum atomic E-state index is 12.5. The van der Waals surface area contributed by atoms with Crippen LogP contribution >= 0.6 is 0 Å². The molecule has 0 bridgehead atoms. The van der Waals surface area contributed by atoms with Crippen LogP contribution in [-0.4, -0.2) is 61.0 Å². The van der Waals surface area contributed by atoms with E-state index in [-0.39, 0.29) is 24.0 Å². The lowest BCUT2D eigenvalue weighted by molar-refractivity contribution is -0.384. The first-order valence-corrected chi connectivity index (χ1v) is 10.8. The molecule has 32 heavy (non-hydrogen) atoms. The predicted molar refractivity (Wildman–Crippen MR) is 121 cm³/mol. The highest BCUT2D eigenvalue weighted by Gasteiger charge is 2.22. The van der Waals surface area contributed by atoms with Gasteiger partial charge in [-0.15, -0.1) is 0 Å². The van der Waals surface area contributed by atoms with Crippen LogP contribution in [0.1, 0.15) is 30.1 Å². The van der Waals surface area contributed by atoms with Gasteiger partial charge in [0.25, 0.3) is 11.6 Å². The number of non-ortho nitro benzene ring substituents is 1. The highest BCUT2D eigenvalue weighted by atomic mass is 16.6. The smallest absolute Gasteiger partial charge is 0.269 e. The third-order valence-electron chi connectivity index (χ3n) is 5.34. The monoisotopic (exact) mass is 440 g/mol. The fourth-order valence-electron chi connectivity index (χ4n) is 3.41. The summed E-state index contributed by atoms with van der Waals surface area (Å²) in [5, 5.41) is 13.5. The third kappa shape index (κ3) is 6.19. The second kappa shape index (κ2) is 11.1. The summed E-state index contributed by atoms with van der Waals surface area (Å²) in [6, 6.07) is 13.3. The average Bonchev–Trinajstić information content (AvgIpc) is 2.83. The summed E-state index contributed by atoms with van der Waals surface area (Å²) in [5.74, 6) is 0.279. The van der Waals surface area contributed by atoms with E-state index in [2.05, 4.69) is 17.1 Å². The van der Waals surface area contributed by atoms with Gasteiger partial charge in [-0.2, -0.15) is 0 Å². The Kier molecular flexibility index (Phi) is 8.02. The van der Waals surface area contributed by atoms with Crippen molar-refractivity contribution in [2.24, 2.45) is 0 Å². The Morgan fingerprint density at radius 2 is 1.69 bits per heavy atom. The van der Waals surface area contributed by atoms with Gasteiger partial charge in [0.15, 0.2) is 0 Å². The van der Waals surface area contributed by atoms with E-state index in [1.54, 1.807) is 41.3 Å². The maximum absolute atomic E-state index is 12.5. The first-order chi connectivity index (χ1) is 15.5. The number of nitro benzene ring substituents is 1. The van der Waals surface area contributed by atoms with Gasteiger partial charge in [-0.05, 0) is 42.8 Å². The number of hydrogen-bond donors (Lipinski definition) is 1. The number of unbranched alkanes of at least 4 members (excludes halogenated alkanes) is 1. The van der Waals surface area contributed by atoms with Crippen molar-refractivity contribution in [3.63, 3.8) is 0 Å². The van der Waals surface area contributed by atoms with E-state index in [0.29, 0.717) is 38.3 Å². The summed E-state index contributed by atoms with van der Waals surface area (Å²) in [6.45, 7) is 4.97. The summed E-state index contributed by atoms with van der Waals surface area (Å²) >= 11 is 0. The van der Waals surface area contributed by atoms with E-state index in [4.69, 9.17) is 4.74 Å². The van der Waals surface area contributed by atoms with Gasteiger partial charge in [0.2, 0.25) is 5.91 Å². The fraction of sp³-hybridized carbons (Fsp3) is 0.391. The SMILES string of the molecule is CCCCOc1ccc(C(=O)NCC(=O)N2CCN(c3ccc([N+](=O)[O-])cc3)CC2)cc1. The van der Waals surface area contributed by atoms with Crippen LogP contribution in [0, 0.1) is 10.1 Å². The van der Waals surface area contributed by atoms with Gasteiger partial charge in [0, 0.05) is 49.6 Å². The van der Waals surface area contributed by atoms with Crippen LogP contribution in [-0.2, 0) is 4.79 Å². The van der Waals surface area contributed by atoms with Gasteiger partial charge in [-0.25, -0.2) is 0 Å². The predicted octanol–water partition coefficient (Wildman–Crippen LogP) is 2.85. The van der Waals surface area contributed by atoms with Crippen molar-refractivity contribution in [2.45, 2.75) is 19.8 Å². The lowest BCUT2D eigenvalue weighted by atomic mass is 10.2. The molecule has 1 aliphatic heterocycles. The minimum atomic E-state index is -0.426. The van der Waals surface area contributed by atoms with Crippen LogP contribution < -0.4 is 15.0 Å². The average molecular weight is 441 g/mol. The second-order valence-corrected chi connectivity index (χ2v) is 7.55. The number of amides is 2. The zero-order chi connectivity index (χ0) is 22.9. The molecular weight excluding hydrogens is 412 g/mol. The molecule has 1 heterocycles. The number of nitrogens with one attached hydrogen (secondary N) is 1. The number of benzene rings is 2. The molecule has 1 fully saturated rings. The van der Waals surface area contributed by atoms with E-state index in [1.165, 1.54) is 12.1 Å². The highest BCUT2D eigenvalue weighted by Crippen LogP contribution is 2.20. The van der Waals surface area contributed by atoms with Crippen molar-refractivity contribution in [1.29, 1.82) is 0 Å². The summed E-state index contributed by atoms with van der Waals surface area (Å²) in [7, 11) is 0. The molecule has 0 unspecified atom stereocenters. The van der Waals surface area contributed by atoms with Crippen molar-refractivity contribution in [3.8, 4) is 5.75 Å². The molecule has 9 heteroatoms. The van der Waals surface area contributed by atoms with Gasteiger partial charge in [-0.1, -0.05) is 13.3 Å². The first-order valence-electron chi connectivity index (χ1n) is 10.8. The Morgan fingerprint density at radius 3 is 2.28 bits per heavy atom. The fourth-order valence-corrected chi connectivity index (χ4v) is 3.41. The minimum Gasteiger partial charge on any atom is -0.494 e. The molecule has 0 atom stereocenters. The summed E-state index contributed by atoms with van der Waals surface area (Å²) in [5.41, 5.74) is 1.42. The molecule has 2 amide bonds. The maximum Gasteiger partial charge on any atom is 0.269 e. The summed E-state index contributed by atoms with van der Waals surface area (Å²) in [6.07, 6.45) is 2.03. The Balaban J connectivity index is 1.42. The van der Waals surface area contributed by atoms with Gasteiger partial charge in [0.1, 0.15) is 5.75 Å². The number of anilines is 1. The van der Waals surface area contributed by atoms with Crippen molar-refractivity contribution in [2.75, 3.05) is 44.2 Å². The molecule has 1 N–H and O–H groups in total. The van der Waals surface area contributed by atoms with Crippen LogP contribution in [0.5, 0.6) is 5.75 Å². The largest absolute Gasteiger partial charge is 0.494 e. The lowest BCUT2D eigenvalue weighted by Gasteiger charge is -2.36. The normalized spacial score (nSPS) is 13.5. The van der Waals surface area contributed by atoms with Crippen LogP contribution in [0.4, 0.5) is 11.4 Å². The molecule has 0 spiro atoms. The number of carbonyl (C=O) groups excluding carboxylic acids is 2. The van der Waals surface area contributed by atoms with Gasteiger partial charge >= 0.3 is 0 Å². The van der Waals surface area contributed by atoms with Crippen molar-refractivity contribution in [3.05, 3.63) is 64.2 Å². The van der Waals surface area contributed by atoms with Crippen LogP contribution in [0.15, 0.2) is 48.5 Å². The Bertz CT molecular complexity index is 922. The van der Waals surface area contributed by atoms with E-state index < -0.39 is 4.92 Å². The Labute approximate surface area is 187 Å². The lowest BCUT2D eigenvalue weighted by Crippen LogP contribution is -2.51. The van der Waals surface area contributed by atoms with E-state index in [0.717, 1.165) is 24.3 Å². The minimum absolute atomic E-state index is 0.0527. The number of nitro groups is 1. The number of piperazine rings is 1. The Morgan fingerprint density at radius 1 is 1.03 bits per heavy atom. The molecule has 0 radical (unpaired) electrons. The quantitative estimate of drug-likeness (QED) is 0.365. The molecule has 1 saturated heterocycles. The number of ether oxygens (including phenoxy) is 1. The van der Waals surface area contributed by atoms with Crippen molar-refractivity contribution >= 4 is 23.2 Å². The number of hydrogen-bond acceptors (Lipinski definition) is 6. The molecule has 170 valence electrons. The van der Waals surface area contributed by atoms with Crippen LogP contribution in [0.25, 0.3) is 0 Å². The van der Waals surface area contributed by atoms with Gasteiger partial charge in [0.05, 0.1) is 18.1 Å². The zero-order valence-electron chi connectivity index (χ0n) is 18.2. The van der Waals surface area contributed by atoms with Gasteiger partial charge in [-0.3, -0.25) is 19.7 Å². The summed E-state index contributed by atoms with van der Waals surface area (Å²) in [4.78, 5) is 39.0. The molecule has 2 aromatic carbocycles. The molecular formula is C23H28N4O5. The van der Waals surface area contributed by atoms with E-state index >= 15 is 0 Å². The molecule has 1 aliphatic rings. The number of rotatable bonds is 9. The van der Waals surface area contributed by atoms with Crippen molar-refractivity contribution in [1.82, 2.24) is 10.2 Å². The van der Waals surface area contributed by atoms with Crippen LogP contribution in [0.3, 0.4) is 0 Å². The molecule has 2 aromatic rings. The molecule has 0 aromatic heterocycles. The molecule has 0 aliphatic carbocycles. The van der Waals surface area contributed by atoms with E-state index in [1.807, 2.05) is 0 Å². The number of nitrogens with zero attached hydrogens (tertiary/aromatic N) is 3. The Hall–Kier alpha value is -3.62. The van der Waals surface area contributed by atoms with E-state index in [9.17, 15) is 19.7 Å². The van der Waals surface area contributed by atoms with Gasteiger partial charge < -0.3 is 19.9 Å². The standard InChI is InChI=1S/C23H28N4O5/c1-2-3-16-32-21-10-4-18(5-11-21)23(29)24-17-22(28)26-14-12-25(13-15-26)19-6-8-20(9-7-19)27(30)31/h4-11H,2-3,12-17H2,1H3,(H,24,29). The summed E-state index contributed by atoms with van der Waals surface area (Å²) < 4.78 is 5.59.